The van der Waals surface area contributed by atoms with E-state index in [9.17, 15) is 9.46 Å². The van der Waals surface area contributed by atoms with Crippen LogP contribution in [-0.4, -0.2) is 65.5 Å². The second kappa shape index (κ2) is 22.7. The van der Waals surface area contributed by atoms with Crippen molar-refractivity contribution < 1.29 is 28.2 Å². The fraction of sp³-hybridized carbons (Fsp3) is 0.833. The fourth-order valence-electron chi connectivity index (χ4n) is 5.00. The summed E-state index contributed by atoms with van der Waals surface area (Å²) in [4.78, 5) is 24.6. The van der Waals surface area contributed by atoms with Crippen molar-refractivity contribution in [2.75, 3.05) is 51.4 Å². The van der Waals surface area contributed by atoms with Crippen LogP contribution in [0, 0.1) is 0 Å². The Hall–Kier alpha value is -1.82. The average Bonchev–Trinajstić information content (AvgIpc) is 3.37. The van der Waals surface area contributed by atoms with Crippen molar-refractivity contribution in [2.24, 2.45) is 0 Å². The average molecular weight is 628 g/mol. The number of imidazole rings is 1. The molecular weight excluding hydrogens is 571 g/mol. The van der Waals surface area contributed by atoms with Gasteiger partial charge in [0, 0.05) is 13.7 Å². The third-order valence-electron chi connectivity index (χ3n) is 7.39. The standard InChI is InChI=1S/C30H57N6O6P/c1-3-4-5-6-7-8-9-10-11-12-13-14-15-16-17-18-19-40-20-21-42-43(37,38)25-41-26(23-39-2)22-36-24-33-27-28(31)34-30(32)35-29(27)36/h24,26H,3-23,25H2,1-2H3,(H,37,38)(H4,31,32,34,35)/p-1/t26-/m0/s1. The first-order valence-corrected chi connectivity index (χ1v) is 18.0. The summed E-state index contributed by atoms with van der Waals surface area (Å²) in [6, 6.07) is 0. The Kier molecular flexibility index (Phi) is 19.7. The molecule has 4 N–H and O–H groups in total. The Morgan fingerprint density at radius 2 is 1.44 bits per heavy atom. The van der Waals surface area contributed by atoms with Crippen molar-refractivity contribution in [1.29, 1.82) is 0 Å². The topological polar surface area (TPSA) is 173 Å². The van der Waals surface area contributed by atoms with E-state index in [0.717, 1.165) is 12.8 Å². The molecular formula is C30H56N6O6P-. The second-order valence-electron chi connectivity index (χ2n) is 11.3. The summed E-state index contributed by atoms with van der Waals surface area (Å²) in [7, 11) is -2.71. The number of aromatic nitrogens is 4. The van der Waals surface area contributed by atoms with Gasteiger partial charge in [-0.1, -0.05) is 103 Å². The van der Waals surface area contributed by atoms with Crippen molar-refractivity contribution >= 4 is 30.5 Å². The van der Waals surface area contributed by atoms with Gasteiger partial charge in [0.05, 0.1) is 38.8 Å². The van der Waals surface area contributed by atoms with Crippen LogP contribution in [0.3, 0.4) is 0 Å². The molecule has 0 amide bonds. The molecule has 2 atom stereocenters. The predicted octanol–water partition coefficient (Wildman–Crippen LogP) is 5.83. The summed E-state index contributed by atoms with van der Waals surface area (Å²) in [5.41, 5.74) is 12.4. The minimum Gasteiger partial charge on any atom is -0.777 e. The highest BCUT2D eigenvalue weighted by Gasteiger charge is 2.18. The number of methoxy groups -OCH3 is 1. The van der Waals surface area contributed by atoms with Crippen LogP contribution in [0.15, 0.2) is 6.33 Å². The van der Waals surface area contributed by atoms with Gasteiger partial charge in [-0.15, -0.1) is 0 Å². The summed E-state index contributed by atoms with van der Waals surface area (Å²) in [5, 5.41) is 0. The van der Waals surface area contributed by atoms with E-state index >= 15 is 0 Å². The lowest BCUT2D eigenvalue weighted by Crippen LogP contribution is -2.27. The smallest absolute Gasteiger partial charge is 0.224 e. The molecule has 0 aliphatic rings. The van der Waals surface area contributed by atoms with E-state index in [1.165, 1.54) is 103 Å². The van der Waals surface area contributed by atoms with Gasteiger partial charge in [-0.2, -0.15) is 9.97 Å². The van der Waals surface area contributed by atoms with Crippen LogP contribution in [-0.2, 0) is 29.8 Å². The van der Waals surface area contributed by atoms with Crippen LogP contribution in [0.5, 0.6) is 0 Å². The normalized spacial score (nSPS) is 13.9. The van der Waals surface area contributed by atoms with Crippen molar-refractivity contribution in [3.8, 4) is 0 Å². The number of ether oxygens (including phenoxy) is 3. The lowest BCUT2D eigenvalue weighted by atomic mass is 10.0. The molecule has 0 aromatic carbocycles. The van der Waals surface area contributed by atoms with E-state index in [1.807, 2.05) is 0 Å². The number of fused-ring (bicyclic) bond motifs is 1. The molecule has 2 aromatic heterocycles. The first-order chi connectivity index (χ1) is 20.9. The molecule has 13 heteroatoms. The highest BCUT2D eigenvalue weighted by atomic mass is 31.2. The molecule has 0 aliphatic heterocycles. The maximum Gasteiger partial charge on any atom is 0.224 e. The SMILES string of the molecule is CCCCCCCCCCCCCCCCCCOCCOP(=O)([O-])CO[C@H](COC)Cn1cnc2c(N)nc(N)nc21. The van der Waals surface area contributed by atoms with Gasteiger partial charge in [0.25, 0.3) is 0 Å². The zero-order chi connectivity index (χ0) is 31.2. The van der Waals surface area contributed by atoms with E-state index in [0.29, 0.717) is 17.8 Å². The lowest BCUT2D eigenvalue weighted by Gasteiger charge is -2.26. The van der Waals surface area contributed by atoms with Crippen molar-refractivity contribution in [2.45, 2.75) is 122 Å². The van der Waals surface area contributed by atoms with Crippen LogP contribution < -0.4 is 16.4 Å². The third-order valence-corrected chi connectivity index (χ3v) is 8.43. The van der Waals surface area contributed by atoms with E-state index in [1.54, 1.807) is 4.57 Å². The monoisotopic (exact) mass is 627 g/mol. The van der Waals surface area contributed by atoms with Crippen molar-refractivity contribution in [1.82, 2.24) is 19.5 Å². The minimum atomic E-state index is -4.22. The van der Waals surface area contributed by atoms with Gasteiger partial charge in [-0.3, -0.25) is 0 Å². The molecule has 248 valence electrons. The Morgan fingerprint density at radius 3 is 2.02 bits per heavy atom. The molecule has 2 rings (SSSR count). The molecule has 0 fully saturated rings. The Morgan fingerprint density at radius 1 is 0.860 bits per heavy atom. The number of hydrogen-bond acceptors (Lipinski definition) is 11. The largest absolute Gasteiger partial charge is 0.777 e. The molecule has 0 bridgehead atoms. The summed E-state index contributed by atoms with van der Waals surface area (Å²) >= 11 is 0. The van der Waals surface area contributed by atoms with Crippen LogP contribution in [0.25, 0.3) is 11.2 Å². The van der Waals surface area contributed by atoms with Gasteiger partial charge in [-0.05, 0) is 6.42 Å². The van der Waals surface area contributed by atoms with Crippen molar-refractivity contribution in [3.63, 3.8) is 0 Å². The van der Waals surface area contributed by atoms with Crippen LogP contribution in [0.1, 0.15) is 110 Å². The number of nitrogens with zero attached hydrogens (tertiary/aromatic N) is 4. The molecule has 12 nitrogen and oxygen atoms in total. The number of rotatable bonds is 28. The fourth-order valence-corrected chi connectivity index (χ4v) is 5.82. The van der Waals surface area contributed by atoms with E-state index in [-0.39, 0.29) is 38.1 Å². The van der Waals surface area contributed by atoms with E-state index in [2.05, 4.69) is 21.9 Å². The first kappa shape index (κ1) is 37.4. The summed E-state index contributed by atoms with van der Waals surface area (Å²) in [6.07, 6.45) is 21.5. The molecule has 43 heavy (non-hydrogen) atoms. The first-order valence-electron chi connectivity index (χ1n) is 16.2. The number of nitrogens with two attached hydrogens (primary N) is 2. The van der Waals surface area contributed by atoms with Crippen LogP contribution >= 0.6 is 7.60 Å². The molecule has 0 saturated heterocycles. The Labute approximate surface area is 258 Å². The number of unbranched alkanes of at least 4 members (excludes halogenated alkanes) is 15. The van der Waals surface area contributed by atoms with Gasteiger partial charge >= 0.3 is 0 Å². The highest BCUT2D eigenvalue weighted by molar-refractivity contribution is 7.51. The summed E-state index contributed by atoms with van der Waals surface area (Å²) in [5.74, 6) is 0.186. The van der Waals surface area contributed by atoms with Gasteiger partial charge in [-0.25, -0.2) is 4.98 Å². The Bertz CT molecular complexity index is 1040. The molecule has 0 saturated carbocycles. The number of anilines is 2. The molecule has 2 aromatic rings. The maximum atomic E-state index is 12.3. The summed E-state index contributed by atoms with van der Waals surface area (Å²) < 4.78 is 35.4. The minimum absolute atomic E-state index is 0.0189. The van der Waals surface area contributed by atoms with Gasteiger partial charge < -0.3 is 44.2 Å². The van der Waals surface area contributed by atoms with Crippen molar-refractivity contribution in [3.05, 3.63) is 6.33 Å². The number of hydrogen-bond donors (Lipinski definition) is 2. The van der Waals surface area contributed by atoms with Crippen LogP contribution in [0.4, 0.5) is 11.8 Å². The second-order valence-corrected chi connectivity index (χ2v) is 13.0. The van der Waals surface area contributed by atoms with Crippen LogP contribution in [0.2, 0.25) is 0 Å². The maximum absolute atomic E-state index is 12.3. The zero-order valence-electron chi connectivity index (χ0n) is 26.6. The molecule has 0 spiro atoms. The molecule has 0 aliphatic carbocycles. The van der Waals surface area contributed by atoms with Gasteiger partial charge in [0.2, 0.25) is 5.95 Å². The van der Waals surface area contributed by atoms with E-state index < -0.39 is 20.0 Å². The number of nitrogen functional groups attached to an aromatic ring is 2. The predicted molar refractivity (Wildman–Crippen MR) is 170 cm³/mol. The molecule has 0 radical (unpaired) electrons. The van der Waals surface area contributed by atoms with Gasteiger partial charge in [0.15, 0.2) is 19.1 Å². The van der Waals surface area contributed by atoms with Gasteiger partial charge in [0.1, 0.15) is 11.9 Å². The van der Waals surface area contributed by atoms with E-state index in [4.69, 9.17) is 30.2 Å². The molecule has 2 heterocycles. The third kappa shape index (κ3) is 16.7. The quantitative estimate of drug-likeness (QED) is 0.0858. The molecule has 1 unspecified atom stereocenters. The summed E-state index contributed by atoms with van der Waals surface area (Å²) in [6.45, 7) is 3.43. The lowest BCUT2D eigenvalue weighted by molar-refractivity contribution is -0.206. The highest BCUT2D eigenvalue weighted by Crippen LogP contribution is 2.37. The Balaban J connectivity index is 1.45. The zero-order valence-corrected chi connectivity index (χ0v) is 27.4.